The molecule has 14 heavy (non-hydrogen) atoms. The standard InChI is InChI=1S/C12H21NO/c1-8(2)9(3)10-7-14-11(13-10)12(4,5)6/h7-9H,1-6H3. The van der Waals surface area contributed by atoms with E-state index in [9.17, 15) is 0 Å². The number of nitrogens with zero attached hydrogens (tertiary/aromatic N) is 1. The quantitative estimate of drug-likeness (QED) is 0.718. The van der Waals surface area contributed by atoms with Gasteiger partial charge in [0.1, 0.15) is 6.26 Å². The van der Waals surface area contributed by atoms with E-state index in [0.29, 0.717) is 11.8 Å². The predicted molar refractivity (Wildman–Crippen MR) is 58.5 cm³/mol. The van der Waals surface area contributed by atoms with Crippen molar-refractivity contribution in [3.63, 3.8) is 0 Å². The van der Waals surface area contributed by atoms with E-state index in [4.69, 9.17) is 4.42 Å². The summed E-state index contributed by atoms with van der Waals surface area (Å²) in [6, 6.07) is 0. The fraction of sp³-hybridized carbons (Fsp3) is 0.750. The van der Waals surface area contributed by atoms with Gasteiger partial charge in [-0.2, -0.15) is 0 Å². The first-order valence-electron chi connectivity index (χ1n) is 5.28. The fourth-order valence-corrected chi connectivity index (χ4v) is 1.18. The van der Waals surface area contributed by atoms with Gasteiger partial charge in [0.25, 0.3) is 0 Å². The SMILES string of the molecule is CC(C)C(C)c1coc(C(C)(C)C)n1. The number of oxazole rings is 1. The molecular weight excluding hydrogens is 174 g/mol. The zero-order chi connectivity index (χ0) is 10.9. The highest BCUT2D eigenvalue weighted by molar-refractivity contribution is 5.08. The molecule has 0 saturated heterocycles. The van der Waals surface area contributed by atoms with Crippen LogP contribution in [0.2, 0.25) is 0 Å². The highest BCUT2D eigenvalue weighted by Crippen LogP contribution is 2.27. The Morgan fingerprint density at radius 3 is 2.14 bits per heavy atom. The van der Waals surface area contributed by atoms with E-state index in [0.717, 1.165) is 11.6 Å². The summed E-state index contributed by atoms with van der Waals surface area (Å²) in [5.41, 5.74) is 1.08. The Kier molecular flexibility index (Phi) is 3.03. The number of rotatable bonds is 2. The molecule has 0 saturated carbocycles. The fourth-order valence-electron chi connectivity index (χ4n) is 1.18. The lowest BCUT2D eigenvalue weighted by molar-refractivity contribution is 0.392. The molecule has 2 nitrogen and oxygen atoms in total. The van der Waals surface area contributed by atoms with Gasteiger partial charge in [0.15, 0.2) is 5.89 Å². The van der Waals surface area contributed by atoms with Crippen molar-refractivity contribution in [2.24, 2.45) is 5.92 Å². The monoisotopic (exact) mass is 195 g/mol. The molecule has 0 N–H and O–H groups in total. The molecule has 0 aromatic carbocycles. The second kappa shape index (κ2) is 3.76. The number of aromatic nitrogens is 1. The minimum absolute atomic E-state index is 0.00888. The molecule has 0 aliphatic carbocycles. The molecule has 1 heterocycles. The van der Waals surface area contributed by atoms with E-state index in [-0.39, 0.29) is 5.41 Å². The van der Waals surface area contributed by atoms with Crippen LogP contribution in [0, 0.1) is 5.92 Å². The third-order valence-electron chi connectivity index (χ3n) is 2.63. The van der Waals surface area contributed by atoms with E-state index >= 15 is 0 Å². The molecule has 1 atom stereocenters. The molecule has 0 spiro atoms. The maximum atomic E-state index is 5.49. The van der Waals surface area contributed by atoms with Crippen molar-refractivity contribution in [3.8, 4) is 0 Å². The minimum Gasteiger partial charge on any atom is -0.448 e. The summed E-state index contributed by atoms with van der Waals surface area (Å²) < 4.78 is 5.49. The molecule has 0 radical (unpaired) electrons. The largest absolute Gasteiger partial charge is 0.448 e. The summed E-state index contributed by atoms with van der Waals surface area (Å²) in [4.78, 5) is 4.54. The van der Waals surface area contributed by atoms with Gasteiger partial charge in [-0.3, -0.25) is 0 Å². The zero-order valence-electron chi connectivity index (χ0n) is 10.1. The molecule has 2 heteroatoms. The number of hydrogen-bond donors (Lipinski definition) is 0. The molecule has 1 aromatic heterocycles. The average molecular weight is 195 g/mol. The van der Waals surface area contributed by atoms with Gasteiger partial charge in [0, 0.05) is 11.3 Å². The van der Waals surface area contributed by atoms with Crippen LogP contribution >= 0.6 is 0 Å². The molecule has 0 bridgehead atoms. The Morgan fingerprint density at radius 2 is 1.79 bits per heavy atom. The van der Waals surface area contributed by atoms with E-state index < -0.39 is 0 Å². The minimum atomic E-state index is 0.00888. The second-order valence-corrected chi connectivity index (χ2v) is 5.36. The maximum absolute atomic E-state index is 5.49. The molecule has 1 unspecified atom stereocenters. The van der Waals surface area contributed by atoms with Crippen molar-refractivity contribution in [3.05, 3.63) is 17.8 Å². The smallest absolute Gasteiger partial charge is 0.199 e. The highest BCUT2D eigenvalue weighted by atomic mass is 16.3. The summed E-state index contributed by atoms with van der Waals surface area (Å²) in [6.45, 7) is 12.9. The summed E-state index contributed by atoms with van der Waals surface area (Å²) in [6.07, 6.45) is 1.80. The van der Waals surface area contributed by atoms with Gasteiger partial charge in [-0.15, -0.1) is 0 Å². The van der Waals surface area contributed by atoms with E-state index in [1.807, 2.05) is 0 Å². The van der Waals surface area contributed by atoms with Gasteiger partial charge in [-0.25, -0.2) is 4.98 Å². The highest BCUT2D eigenvalue weighted by Gasteiger charge is 2.22. The first-order valence-corrected chi connectivity index (χ1v) is 5.28. The van der Waals surface area contributed by atoms with Crippen LogP contribution in [-0.2, 0) is 5.41 Å². The Balaban J connectivity index is 2.89. The molecular formula is C12H21NO. The Morgan fingerprint density at radius 1 is 1.21 bits per heavy atom. The molecule has 0 aliphatic rings. The topological polar surface area (TPSA) is 26.0 Å². The first kappa shape index (κ1) is 11.3. The van der Waals surface area contributed by atoms with Crippen LogP contribution in [0.1, 0.15) is 59.0 Å². The van der Waals surface area contributed by atoms with Crippen molar-refractivity contribution in [1.82, 2.24) is 4.98 Å². The van der Waals surface area contributed by atoms with Gasteiger partial charge in [-0.1, -0.05) is 41.5 Å². The van der Waals surface area contributed by atoms with Crippen molar-refractivity contribution >= 4 is 0 Å². The van der Waals surface area contributed by atoms with Crippen molar-refractivity contribution in [2.45, 2.75) is 52.9 Å². The van der Waals surface area contributed by atoms with Crippen LogP contribution in [0.15, 0.2) is 10.7 Å². The third kappa shape index (κ3) is 2.37. The Hall–Kier alpha value is -0.790. The molecule has 1 rings (SSSR count). The molecule has 0 aliphatic heterocycles. The van der Waals surface area contributed by atoms with Crippen LogP contribution in [0.4, 0.5) is 0 Å². The Labute approximate surface area is 86.7 Å². The number of hydrogen-bond acceptors (Lipinski definition) is 2. The normalized spacial score (nSPS) is 14.8. The van der Waals surface area contributed by atoms with Crippen LogP contribution in [0.3, 0.4) is 0 Å². The van der Waals surface area contributed by atoms with E-state index in [1.165, 1.54) is 0 Å². The lowest BCUT2D eigenvalue weighted by Gasteiger charge is -2.13. The predicted octanol–water partition coefficient (Wildman–Crippen LogP) is 3.73. The van der Waals surface area contributed by atoms with Crippen molar-refractivity contribution in [1.29, 1.82) is 0 Å². The van der Waals surface area contributed by atoms with E-state index in [2.05, 4.69) is 46.5 Å². The van der Waals surface area contributed by atoms with Gasteiger partial charge < -0.3 is 4.42 Å². The first-order chi connectivity index (χ1) is 6.32. The van der Waals surface area contributed by atoms with Gasteiger partial charge in [0.2, 0.25) is 0 Å². The lowest BCUT2D eigenvalue weighted by atomic mass is 9.94. The van der Waals surface area contributed by atoms with Crippen molar-refractivity contribution in [2.75, 3.05) is 0 Å². The van der Waals surface area contributed by atoms with Crippen LogP contribution in [-0.4, -0.2) is 4.98 Å². The summed E-state index contributed by atoms with van der Waals surface area (Å²) in [5, 5.41) is 0. The van der Waals surface area contributed by atoms with Crippen molar-refractivity contribution < 1.29 is 4.42 Å². The molecule has 80 valence electrons. The van der Waals surface area contributed by atoms with Crippen LogP contribution in [0.5, 0.6) is 0 Å². The van der Waals surface area contributed by atoms with Gasteiger partial charge in [-0.05, 0) is 5.92 Å². The Bertz CT molecular complexity index is 294. The summed E-state index contributed by atoms with van der Waals surface area (Å²) in [5.74, 6) is 1.91. The maximum Gasteiger partial charge on any atom is 0.199 e. The van der Waals surface area contributed by atoms with Crippen LogP contribution in [0.25, 0.3) is 0 Å². The molecule has 0 amide bonds. The summed E-state index contributed by atoms with van der Waals surface area (Å²) in [7, 11) is 0. The van der Waals surface area contributed by atoms with E-state index in [1.54, 1.807) is 6.26 Å². The zero-order valence-corrected chi connectivity index (χ0v) is 10.1. The second-order valence-electron chi connectivity index (χ2n) is 5.36. The third-order valence-corrected chi connectivity index (χ3v) is 2.63. The van der Waals surface area contributed by atoms with Gasteiger partial charge >= 0.3 is 0 Å². The molecule has 0 fully saturated rings. The van der Waals surface area contributed by atoms with Gasteiger partial charge in [0.05, 0.1) is 5.69 Å². The molecule has 1 aromatic rings. The lowest BCUT2D eigenvalue weighted by Crippen LogP contribution is -2.12. The van der Waals surface area contributed by atoms with Crippen LogP contribution < -0.4 is 0 Å². The average Bonchev–Trinajstić information content (AvgIpc) is 2.49. The summed E-state index contributed by atoms with van der Waals surface area (Å²) >= 11 is 0.